The highest BCUT2D eigenvalue weighted by Gasteiger charge is 2.37. The quantitative estimate of drug-likeness (QED) is 0.181. The average Bonchev–Trinajstić information content (AvgIpc) is 2.82. The first-order valence-corrected chi connectivity index (χ1v) is 9.79. The van der Waals surface area contributed by atoms with Crippen molar-refractivity contribution in [2.75, 3.05) is 13.2 Å². The van der Waals surface area contributed by atoms with E-state index in [0.717, 1.165) is 0 Å². The van der Waals surface area contributed by atoms with Gasteiger partial charge >= 0.3 is 11.9 Å². The summed E-state index contributed by atoms with van der Waals surface area (Å²) in [7, 11) is 0. The molecule has 0 aliphatic rings. The van der Waals surface area contributed by atoms with Crippen LogP contribution in [0, 0.1) is 5.21 Å². The van der Waals surface area contributed by atoms with Crippen molar-refractivity contribution >= 4 is 18.2 Å². The lowest BCUT2D eigenvalue weighted by Crippen LogP contribution is -2.47. The molecule has 6 heteroatoms. The van der Waals surface area contributed by atoms with E-state index in [4.69, 9.17) is 9.47 Å². The number of hydrogen-bond donors (Lipinski definition) is 0. The minimum atomic E-state index is -1.33. The summed E-state index contributed by atoms with van der Waals surface area (Å²) >= 11 is 0. The van der Waals surface area contributed by atoms with E-state index in [9.17, 15) is 14.8 Å². The van der Waals surface area contributed by atoms with Gasteiger partial charge in [-0.15, -0.1) is 0 Å². The van der Waals surface area contributed by atoms with Crippen molar-refractivity contribution in [1.29, 1.82) is 0 Å². The number of esters is 2. The lowest BCUT2D eigenvalue weighted by atomic mass is 10.1. The molecule has 0 N–H and O–H groups in total. The summed E-state index contributed by atoms with van der Waals surface area (Å²) in [5, 5.41) is 13.0. The van der Waals surface area contributed by atoms with Crippen molar-refractivity contribution in [3.8, 4) is 0 Å². The molecule has 0 fully saturated rings. The number of carbonyl (C=O) groups excluding carboxylic acids is 2. The standard InChI is InChI=1S/C25H23NO5/c1-25(26(29)17-20-11-5-2-6-12-20,18-30-23(27)21-13-7-3-8-14-21)19-31-24(28)22-15-9-4-10-16-22/h2-17H,18-19H2,1H3/b26-17+. The third kappa shape index (κ3) is 6.02. The maximum atomic E-state index is 13.0. The van der Waals surface area contributed by atoms with E-state index in [0.29, 0.717) is 21.4 Å². The Morgan fingerprint density at radius 2 is 1.16 bits per heavy atom. The Labute approximate surface area is 181 Å². The minimum Gasteiger partial charge on any atom is -0.623 e. The van der Waals surface area contributed by atoms with E-state index in [1.807, 2.05) is 18.2 Å². The molecular weight excluding hydrogens is 394 g/mol. The molecule has 0 saturated heterocycles. The van der Waals surface area contributed by atoms with Crippen molar-refractivity contribution in [3.63, 3.8) is 0 Å². The molecule has 0 unspecified atom stereocenters. The van der Waals surface area contributed by atoms with Gasteiger partial charge in [0.1, 0.15) is 0 Å². The summed E-state index contributed by atoms with van der Waals surface area (Å²) in [6, 6.07) is 26.0. The fraction of sp³-hybridized carbons (Fsp3) is 0.160. The van der Waals surface area contributed by atoms with Crippen molar-refractivity contribution in [2.45, 2.75) is 12.5 Å². The van der Waals surface area contributed by atoms with E-state index in [-0.39, 0.29) is 13.2 Å². The normalized spacial score (nSPS) is 11.6. The predicted octanol–water partition coefficient (Wildman–Crippen LogP) is 4.09. The number of carbonyl (C=O) groups is 2. The Hall–Kier alpha value is -3.93. The summed E-state index contributed by atoms with van der Waals surface area (Å²) in [6.45, 7) is 1.04. The Morgan fingerprint density at radius 1 is 0.774 bits per heavy atom. The van der Waals surface area contributed by atoms with E-state index in [1.165, 1.54) is 6.21 Å². The van der Waals surface area contributed by atoms with Crippen LogP contribution in [-0.4, -0.2) is 41.6 Å². The molecule has 0 heterocycles. The first-order chi connectivity index (χ1) is 15.0. The van der Waals surface area contributed by atoms with Gasteiger partial charge in [-0.3, -0.25) is 0 Å². The van der Waals surface area contributed by atoms with Crippen LogP contribution in [0.2, 0.25) is 0 Å². The SMILES string of the molecule is CC(COC(=O)c1ccccc1)(COC(=O)c1ccccc1)/[N+]([O-])=C\c1ccccc1. The second-order valence-corrected chi connectivity index (χ2v) is 7.25. The molecule has 0 saturated carbocycles. The maximum absolute atomic E-state index is 13.0. The molecular formula is C25H23NO5. The van der Waals surface area contributed by atoms with Gasteiger partial charge in [0.05, 0.1) is 11.1 Å². The topological polar surface area (TPSA) is 78.7 Å². The lowest BCUT2D eigenvalue weighted by Gasteiger charge is -2.27. The fourth-order valence-electron chi connectivity index (χ4n) is 2.76. The molecule has 0 aromatic heterocycles. The number of hydrogen-bond acceptors (Lipinski definition) is 5. The molecule has 0 aliphatic heterocycles. The highest BCUT2D eigenvalue weighted by atomic mass is 16.6. The van der Waals surface area contributed by atoms with Crippen LogP contribution in [-0.2, 0) is 9.47 Å². The molecule has 31 heavy (non-hydrogen) atoms. The van der Waals surface area contributed by atoms with Gasteiger partial charge in [0.25, 0.3) is 0 Å². The molecule has 0 bridgehead atoms. The largest absolute Gasteiger partial charge is 0.623 e. The monoisotopic (exact) mass is 417 g/mol. The highest BCUT2D eigenvalue weighted by Crippen LogP contribution is 2.15. The molecule has 3 aromatic carbocycles. The highest BCUT2D eigenvalue weighted by molar-refractivity contribution is 5.90. The van der Waals surface area contributed by atoms with Crippen LogP contribution in [0.15, 0.2) is 91.0 Å². The fourth-order valence-corrected chi connectivity index (χ4v) is 2.76. The molecule has 0 aliphatic carbocycles. The Bertz CT molecular complexity index is 978. The molecule has 0 radical (unpaired) electrons. The molecule has 158 valence electrons. The smallest absolute Gasteiger partial charge is 0.338 e. The zero-order chi connectivity index (χ0) is 22.1. The van der Waals surface area contributed by atoms with Crippen LogP contribution in [0.25, 0.3) is 0 Å². The molecule has 0 amide bonds. The van der Waals surface area contributed by atoms with Crippen LogP contribution in [0.4, 0.5) is 0 Å². The first kappa shape index (κ1) is 21.8. The molecule has 0 atom stereocenters. The van der Waals surface area contributed by atoms with Crippen LogP contribution >= 0.6 is 0 Å². The first-order valence-electron chi connectivity index (χ1n) is 9.79. The Morgan fingerprint density at radius 3 is 1.58 bits per heavy atom. The number of hydroxylamine groups is 1. The van der Waals surface area contributed by atoms with Crippen molar-refractivity contribution in [1.82, 2.24) is 0 Å². The summed E-state index contributed by atoms with van der Waals surface area (Å²) in [5.41, 5.74) is 0.0868. The van der Waals surface area contributed by atoms with Crippen LogP contribution in [0.5, 0.6) is 0 Å². The average molecular weight is 417 g/mol. The Balaban J connectivity index is 1.77. The van der Waals surface area contributed by atoms with E-state index in [1.54, 1.807) is 79.7 Å². The molecule has 6 nitrogen and oxygen atoms in total. The minimum absolute atomic E-state index is 0.268. The lowest BCUT2D eigenvalue weighted by molar-refractivity contribution is -0.547. The van der Waals surface area contributed by atoms with Gasteiger partial charge in [-0.2, -0.15) is 4.74 Å². The van der Waals surface area contributed by atoms with Crippen LogP contribution in [0.3, 0.4) is 0 Å². The van der Waals surface area contributed by atoms with Crippen molar-refractivity contribution in [2.24, 2.45) is 0 Å². The zero-order valence-electron chi connectivity index (χ0n) is 17.1. The second-order valence-electron chi connectivity index (χ2n) is 7.25. The summed E-state index contributed by atoms with van der Waals surface area (Å²) < 4.78 is 11.5. The summed E-state index contributed by atoms with van der Waals surface area (Å²) in [6.07, 6.45) is 1.38. The van der Waals surface area contributed by atoms with E-state index in [2.05, 4.69) is 0 Å². The third-order valence-electron chi connectivity index (χ3n) is 4.65. The van der Waals surface area contributed by atoms with Crippen LogP contribution < -0.4 is 0 Å². The van der Waals surface area contributed by atoms with E-state index >= 15 is 0 Å². The zero-order valence-corrected chi connectivity index (χ0v) is 17.1. The Kier molecular flexibility index (Phi) is 7.17. The number of benzene rings is 3. The van der Waals surface area contributed by atoms with Crippen LogP contribution in [0.1, 0.15) is 33.2 Å². The van der Waals surface area contributed by atoms with Gasteiger partial charge in [0.2, 0.25) is 5.54 Å². The molecule has 3 aromatic rings. The van der Waals surface area contributed by atoms with Gasteiger partial charge in [-0.05, 0) is 36.4 Å². The second kappa shape index (κ2) is 10.2. The summed E-state index contributed by atoms with van der Waals surface area (Å²) in [5.74, 6) is -1.12. The predicted molar refractivity (Wildman–Crippen MR) is 117 cm³/mol. The molecule has 3 rings (SSSR count). The summed E-state index contributed by atoms with van der Waals surface area (Å²) in [4.78, 5) is 24.7. The maximum Gasteiger partial charge on any atom is 0.338 e. The number of ether oxygens (including phenoxy) is 2. The van der Waals surface area contributed by atoms with Gasteiger partial charge in [0, 0.05) is 12.5 Å². The van der Waals surface area contributed by atoms with Gasteiger partial charge in [0.15, 0.2) is 19.4 Å². The third-order valence-corrected chi connectivity index (χ3v) is 4.65. The number of rotatable bonds is 8. The van der Waals surface area contributed by atoms with E-state index < -0.39 is 17.5 Å². The van der Waals surface area contributed by atoms with Gasteiger partial charge < -0.3 is 14.7 Å². The van der Waals surface area contributed by atoms with Crippen molar-refractivity contribution in [3.05, 3.63) is 113 Å². The molecule has 0 spiro atoms. The number of nitrogens with zero attached hydrogens (tertiary/aromatic N) is 1. The van der Waals surface area contributed by atoms with Gasteiger partial charge in [-0.1, -0.05) is 54.6 Å². The van der Waals surface area contributed by atoms with Crippen molar-refractivity contribution < 1.29 is 23.8 Å². The van der Waals surface area contributed by atoms with Gasteiger partial charge in [-0.25, -0.2) is 9.59 Å².